The predicted molar refractivity (Wildman–Crippen MR) is 38.1 cm³/mol. The molecule has 1 unspecified atom stereocenters. The van der Waals surface area contributed by atoms with E-state index in [0.717, 1.165) is 0 Å². The van der Waals surface area contributed by atoms with Crippen molar-refractivity contribution < 1.29 is 23.5 Å². The summed E-state index contributed by atoms with van der Waals surface area (Å²) in [6.07, 6.45) is 0. The lowest BCUT2D eigenvalue weighted by Gasteiger charge is -2.04. The average Bonchev–Trinajstić information content (AvgIpc) is 1.86. The van der Waals surface area contributed by atoms with Crippen LogP contribution in [0.4, 0.5) is 0 Å². The van der Waals surface area contributed by atoms with E-state index in [9.17, 15) is 9.36 Å². The highest BCUT2D eigenvalue weighted by Crippen LogP contribution is 2.13. The molecule has 0 spiro atoms. The first-order valence-corrected chi connectivity index (χ1v) is 4.32. The van der Waals surface area contributed by atoms with E-state index < -0.39 is 21.0 Å². The quantitative estimate of drug-likeness (QED) is 0.390. The van der Waals surface area contributed by atoms with Crippen LogP contribution in [0.5, 0.6) is 0 Å². The number of rotatable bonds is 4. The molecule has 0 aliphatic rings. The van der Waals surface area contributed by atoms with Gasteiger partial charge in [0, 0.05) is 0 Å². The third kappa shape index (κ3) is 6.04. The second-order valence-electron chi connectivity index (χ2n) is 2.15. The minimum Gasteiger partial charge on any atom is -0.438 e. The van der Waals surface area contributed by atoms with E-state index in [1.165, 1.54) is 0 Å². The molecule has 0 aromatic heterocycles. The molecule has 0 saturated heterocycles. The molecule has 0 amide bonds. The normalized spacial score (nSPS) is 13.1. The van der Waals surface area contributed by atoms with Gasteiger partial charge in [0.05, 0.1) is 5.92 Å². The van der Waals surface area contributed by atoms with Gasteiger partial charge in [-0.2, -0.15) is 0 Å². The predicted octanol–water partition coefficient (Wildman–Crippen LogP) is 0.542. The van der Waals surface area contributed by atoms with Crippen molar-refractivity contribution in [1.29, 1.82) is 0 Å². The molecule has 5 nitrogen and oxygen atoms in total. The first kappa shape index (κ1) is 10.6. The zero-order valence-corrected chi connectivity index (χ0v) is 7.36. The summed E-state index contributed by atoms with van der Waals surface area (Å²) in [6.45, 7) is 2.86. The standard InChI is InChI=1S/C5H11O5P/c1-4(2)5(6)9-3-10-11(7)8/h4,11H,3H2,1-2H3,(H,7,8). The molecule has 0 rings (SSSR count). The molecule has 0 bridgehead atoms. The number of carbonyl (C=O) groups is 1. The van der Waals surface area contributed by atoms with E-state index in [-0.39, 0.29) is 5.92 Å². The van der Waals surface area contributed by atoms with Gasteiger partial charge in [-0.1, -0.05) is 13.8 Å². The van der Waals surface area contributed by atoms with Crippen molar-refractivity contribution in [2.24, 2.45) is 5.92 Å². The lowest BCUT2D eigenvalue weighted by atomic mass is 10.2. The van der Waals surface area contributed by atoms with Crippen LogP contribution in [0, 0.1) is 5.92 Å². The Morgan fingerprint density at radius 3 is 2.55 bits per heavy atom. The molecular weight excluding hydrogens is 171 g/mol. The van der Waals surface area contributed by atoms with Gasteiger partial charge < -0.3 is 9.63 Å². The highest BCUT2D eigenvalue weighted by Gasteiger charge is 2.07. The summed E-state index contributed by atoms with van der Waals surface area (Å²) in [5.74, 6) is -0.701. The first-order valence-electron chi connectivity index (χ1n) is 3.06. The van der Waals surface area contributed by atoms with Crippen molar-refractivity contribution in [2.75, 3.05) is 6.79 Å². The maximum absolute atomic E-state index is 10.6. The minimum absolute atomic E-state index is 0.250. The molecule has 0 aromatic rings. The van der Waals surface area contributed by atoms with Crippen molar-refractivity contribution in [3.8, 4) is 0 Å². The Hall–Kier alpha value is -0.380. The van der Waals surface area contributed by atoms with Gasteiger partial charge in [-0.05, 0) is 0 Å². The molecule has 1 N–H and O–H groups in total. The number of hydrogen-bond acceptors (Lipinski definition) is 4. The van der Waals surface area contributed by atoms with Crippen LogP contribution in [0.25, 0.3) is 0 Å². The van der Waals surface area contributed by atoms with Gasteiger partial charge in [0.2, 0.25) is 6.79 Å². The number of esters is 1. The zero-order valence-electron chi connectivity index (χ0n) is 6.36. The molecule has 0 heterocycles. The second kappa shape index (κ2) is 5.29. The Balaban J connectivity index is 3.39. The van der Waals surface area contributed by atoms with Gasteiger partial charge in [-0.25, -0.2) is 0 Å². The number of hydrogen-bond donors (Lipinski definition) is 1. The van der Waals surface area contributed by atoms with Gasteiger partial charge in [-0.3, -0.25) is 13.9 Å². The van der Waals surface area contributed by atoms with Gasteiger partial charge in [0.1, 0.15) is 0 Å². The van der Waals surface area contributed by atoms with E-state index in [2.05, 4.69) is 9.26 Å². The van der Waals surface area contributed by atoms with Gasteiger partial charge in [0.25, 0.3) is 0 Å². The largest absolute Gasteiger partial charge is 0.438 e. The lowest BCUT2D eigenvalue weighted by Crippen LogP contribution is -2.12. The zero-order chi connectivity index (χ0) is 8.85. The van der Waals surface area contributed by atoms with Gasteiger partial charge in [0.15, 0.2) is 0 Å². The molecule has 11 heavy (non-hydrogen) atoms. The first-order chi connectivity index (χ1) is 5.04. The fraction of sp³-hybridized carbons (Fsp3) is 0.800. The smallest absolute Gasteiger partial charge is 0.319 e. The Kier molecular flexibility index (Phi) is 5.11. The third-order valence-electron chi connectivity index (χ3n) is 0.855. The Bertz CT molecular complexity index is 155. The highest BCUT2D eigenvalue weighted by atomic mass is 31.1. The van der Waals surface area contributed by atoms with Crippen LogP contribution >= 0.6 is 8.25 Å². The van der Waals surface area contributed by atoms with Crippen LogP contribution in [-0.4, -0.2) is 17.7 Å². The SMILES string of the molecule is CC(C)C(=O)OCO[PH](=O)O. The second-order valence-corrected chi connectivity index (χ2v) is 2.97. The Morgan fingerprint density at radius 2 is 2.18 bits per heavy atom. The fourth-order valence-electron chi connectivity index (χ4n) is 0.305. The summed E-state index contributed by atoms with van der Waals surface area (Å²) in [7, 11) is -2.98. The van der Waals surface area contributed by atoms with Crippen molar-refractivity contribution in [3.05, 3.63) is 0 Å². The maximum Gasteiger partial charge on any atom is 0.319 e. The molecule has 6 heteroatoms. The van der Waals surface area contributed by atoms with E-state index in [0.29, 0.717) is 0 Å². The lowest BCUT2D eigenvalue weighted by molar-refractivity contribution is -0.153. The van der Waals surface area contributed by atoms with Crippen molar-refractivity contribution >= 4 is 14.2 Å². The molecule has 0 saturated carbocycles. The third-order valence-corrected chi connectivity index (χ3v) is 1.22. The summed E-state index contributed by atoms with van der Waals surface area (Å²) in [6, 6.07) is 0. The van der Waals surface area contributed by atoms with Crippen molar-refractivity contribution in [2.45, 2.75) is 13.8 Å². The van der Waals surface area contributed by atoms with Crippen LogP contribution in [0.3, 0.4) is 0 Å². The molecule has 0 radical (unpaired) electrons. The van der Waals surface area contributed by atoms with Gasteiger partial charge >= 0.3 is 14.2 Å². The fourth-order valence-corrected chi connectivity index (χ4v) is 0.464. The summed E-state index contributed by atoms with van der Waals surface area (Å²) < 4.78 is 18.5. The number of carbonyl (C=O) groups excluding carboxylic acids is 1. The molecule has 0 aliphatic carbocycles. The van der Waals surface area contributed by atoms with Crippen LogP contribution in [0.1, 0.15) is 13.8 Å². The van der Waals surface area contributed by atoms with Crippen molar-refractivity contribution in [3.63, 3.8) is 0 Å². The summed E-state index contributed by atoms with van der Waals surface area (Å²) in [5.41, 5.74) is 0. The molecule has 0 aromatic carbocycles. The van der Waals surface area contributed by atoms with Crippen LogP contribution < -0.4 is 0 Å². The molecule has 0 fully saturated rings. The van der Waals surface area contributed by atoms with Gasteiger partial charge in [-0.15, -0.1) is 0 Å². The molecular formula is C5H11O5P. The monoisotopic (exact) mass is 182 g/mol. The maximum atomic E-state index is 10.6. The Morgan fingerprint density at radius 1 is 1.64 bits per heavy atom. The summed E-state index contributed by atoms with van der Waals surface area (Å²) in [5, 5.41) is 0. The van der Waals surface area contributed by atoms with Crippen molar-refractivity contribution in [1.82, 2.24) is 0 Å². The Labute approximate surface area is 65.3 Å². The van der Waals surface area contributed by atoms with Crippen LogP contribution in [0.2, 0.25) is 0 Å². The van der Waals surface area contributed by atoms with Crippen LogP contribution in [-0.2, 0) is 18.6 Å². The van der Waals surface area contributed by atoms with Crippen LogP contribution in [0.15, 0.2) is 0 Å². The molecule has 66 valence electrons. The highest BCUT2D eigenvalue weighted by molar-refractivity contribution is 7.32. The minimum atomic E-state index is -2.98. The van der Waals surface area contributed by atoms with E-state index in [1.54, 1.807) is 13.8 Å². The van der Waals surface area contributed by atoms with E-state index in [4.69, 9.17) is 4.89 Å². The molecule has 0 aliphatic heterocycles. The summed E-state index contributed by atoms with van der Waals surface area (Å²) in [4.78, 5) is 18.8. The summed E-state index contributed by atoms with van der Waals surface area (Å²) >= 11 is 0. The number of ether oxygens (including phenoxy) is 1. The average molecular weight is 182 g/mol. The van der Waals surface area contributed by atoms with E-state index in [1.807, 2.05) is 0 Å². The topological polar surface area (TPSA) is 72.8 Å². The van der Waals surface area contributed by atoms with E-state index >= 15 is 0 Å². The molecule has 1 atom stereocenters.